The number of carbonyl (C=O) groups excluding carboxylic acids is 1. The zero-order valence-electron chi connectivity index (χ0n) is 12.6. The van der Waals surface area contributed by atoms with E-state index in [0.717, 1.165) is 18.2 Å². The molecule has 0 spiro atoms. The van der Waals surface area contributed by atoms with E-state index in [9.17, 15) is 4.79 Å². The normalized spacial score (nSPS) is 23.5. The maximum absolute atomic E-state index is 11.7. The highest BCUT2D eigenvalue weighted by atomic mass is 32.1. The molecule has 2 aliphatic rings. The zero-order chi connectivity index (χ0) is 14.7. The lowest BCUT2D eigenvalue weighted by Gasteiger charge is -2.32. The Morgan fingerprint density at radius 3 is 2.95 bits per heavy atom. The summed E-state index contributed by atoms with van der Waals surface area (Å²) in [6.45, 7) is 6.77. The maximum Gasteiger partial charge on any atom is 0.357 e. The van der Waals surface area contributed by atoms with Crippen LogP contribution in [0, 0.1) is 0 Å². The van der Waals surface area contributed by atoms with Crippen molar-refractivity contribution >= 4 is 22.4 Å². The molecular weight excluding hydrogens is 286 g/mol. The van der Waals surface area contributed by atoms with Crippen molar-refractivity contribution in [3.8, 4) is 0 Å². The number of aromatic nitrogens is 1. The van der Waals surface area contributed by atoms with Gasteiger partial charge in [0, 0.05) is 24.5 Å². The molecule has 3 rings (SSSR count). The fourth-order valence-electron chi connectivity index (χ4n) is 3.21. The van der Waals surface area contributed by atoms with Crippen molar-refractivity contribution in [2.45, 2.75) is 38.6 Å². The molecule has 6 heteroatoms. The van der Waals surface area contributed by atoms with Crippen LogP contribution in [0.2, 0.25) is 0 Å². The first-order chi connectivity index (χ1) is 10.3. The zero-order valence-corrected chi connectivity index (χ0v) is 13.4. The van der Waals surface area contributed by atoms with Crippen LogP contribution in [0.3, 0.4) is 0 Å². The summed E-state index contributed by atoms with van der Waals surface area (Å²) >= 11 is 1.55. The lowest BCUT2D eigenvalue weighted by molar-refractivity contribution is 0.0520. The van der Waals surface area contributed by atoms with Crippen LogP contribution in [-0.4, -0.2) is 54.7 Å². The second-order valence-corrected chi connectivity index (χ2v) is 6.56. The molecule has 2 fully saturated rings. The van der Waals surface area contributed by atoms with Crippen LogP contribution < -0.4 is 4.90 Å². The van der Waals surface area contributed by atoms with Crippen molar-refractivity contribution in [2.24, 2.45) is 0 Å². The van der Waals surface area contributed by atoms with Crippen LogP contribution in [0.4, 0.5) is 5.13 Å². The Bertz CT molecular complexity index is 485. The number of piperidine rings is 1. The molecule has 5 nitrogen and oxygen atoms in total. The van der Waals surface area contributed by atoms with E-state index >= 15 is 0 Å². The third kappa shape index (κ3) is 3.37. The summed E-state index contributed by atoms with van der Waals surface area (Å²) in [7, 11) is 0. The van der Waals surface area contributed by atoms with Gasteiger partial charge in [0.15, 0.2) is 10.8 Å². The third-order valence-electron chi connectivity index (χ3n) is 4.32. The van der Waals surface area contributed by atoms with Crippen molar-refractivity contribution in [1.82, 2.24) is 9.88 Å². The van der Waals surface area contributed by atoms with Gasteiger partial charge in [-0.25, -0.2) is 9.78 Å². The molecule has 1 aromatic rings. The molecule has 0 N–H and O–H groups in total. The Balaban J connectivity index is 1.59. The van der Waals surface area contributed by atoms with E-state index in [2.05, 4.69) is 14.8 Å². The molecule has 2 aliphatic heterocycles. The number of likely N-dealkylation sites (tertiary alicyclic amines) is 1. The van der Waals surface area contributed by atoms with Crippen LogP contribution in [0.25, 0.3) is 0 Å². The first-order valence-electron chi connectivity index (χ1n) is 7.89. The van der Waals surface area contributed by atoms with Crippen molar-refractivity contribution in [3.05, 3.63) is 11.1 Å². The molecule has 1 unspecified atom stereocenters. The quantitative estimate of drug-likeness (QED) is 0.799. The van der Waals surface area contributed by atoms with Gasteiger partial charge < -0.3 is 9.64 Å². The van der Waals surface area contributed by atoms with Crippen LogP contribution in [0.5, 0.6) is 0 Å². The molecule has 0 saturated carbocycles. The summed E-state index contributed by atoms with van der Waals surface area (Å²) in [5, 5.41) is 2.76. The number of hydrogen-bond donors (Lipinski definition) is 0. The fraction of sp³-hybridized carbons (Fsp3) is 0.733. The van der Waals surface area contributed by atoms with Gasteiger partial charge in [-0.3, -0.25) is 4.90 Å². The highest BCUT2D eigenvalue weighted by molar-refractivity contribution is 7.13. The number of anilines is 1. The average Bonchev–Trinajstić information content (AvgIpc) is 3.17. The molecule has 1 atom stereocenters. The van der Waals surface area contributed by atoms with Gasteiger partial charge in [-0.1, -0.05) is 6.42 Å². The number of nitrogens with zero attached hydrogens (tertiary/aromatic N) is 3. The van der Waals surface area contributed by atoms with Gasteiger partial charge in [-0.05, 0) is 39.3 Å². The number of esters is 1. The van der Waals surface area contributed by atoms with Crippen LogP contribution >= 0.6 is 11.3 Å². The molecule has 0 bridgehead atoms. The van der Waals surface area contributed by atoms with Crippen molar-refractivity contribution in [3.63, 3.8) is 0 Å². The van der Waals surface area contributed by atoms with Crippen molar-refractivity contribution < 1.29 is 9.53 Å². The number of rotatable bonds is 4. The molecule has 0 radical (unpaired) electrons. The van der Waals surface area contributed by atoms with E-state index in [1.807, 2.05) is 12.3 Å². The number of thiazole rings is 1. The molecule has 21 heavy (non-hydrogen) atoms. The van der Waals surface area contributed by atoms with Gasteiger partial charge in [0.2, 0.25) is 0 Å². The van der Waals surface area contributed by atoms with Gasteiger partial charge in [0.25, 0.3) is 0 Å². The molecule has 0 amide bonds. The van der Waals surface area contributed by atoms with Gasteiger partial charge in [-0.15, -0.1) is 11.3 Å². The second kappa shape index (κ2) is 6.75. The minimum atomic E-state index is -0.313. The Kier molecular flexibility index (Phi) is 4.75. The molecule has 2 saturated heterocycles. The smallest absolute Gasteiger partial charge is 0.357 e. The summed E-state index contributed by atoms with van der Waals surface area (Å²) < 4.78 is 5.00. The van der Waals surface area contributed by atoms with E-state index in [1.165, 1.54) is 38.8 Å². The Morgan fingerprint density at radius 1 is 1.38 bits per heavy atom. The molecule has 0 aliphatic carbocycles. The molecule has 116 valence electrons. The minimum absolute atomic E-state index is 0.313. The fourth-order valence-corrected chi connectivity index (χ4v) is 4.04. The Hall–Kier alpha value is -1.14. The molecular formula is C15H23N3O2S. The van der Waals surface area contributed by atoms with Crippen molar-refractivity contribution in [2.75, 3.05) is 37.7 Å². The van der Waals surface area contributed by atoms with Crippen LogP contribution in [0.15, 0.2) is 5.38 Å². The van der Waals surface area contributed by atoms with E-state index in [1.54, 1.807) is 11.3 Å². The summed E-state index contributed by atoms with van der Waals surface area (Å²) in [6.07, 6.45) is 5.25. The third-order valence-corrected chi connectivity index (χ3v) is 5.22. The highest BCUT2D eigenvalue weighted by Gasteiger charge is 2.30. The van der Waals surface area contributed by atoms with Gasteiger partial charge in [0.05, 0.1) is 6.61 Å². The largest absolute Gasteiger partial charge is 0.461 e. The van der Waals surface area contributed by atoms with E-state index < -0.39 is 0 Å². The monoisotopic (exact) mass is 309 g/mol. The first-order valence-corrected chi connectivity index (χ1v) is 8.77. The lowest BCUT2D eigenvalue weighted by Crippen LogP contribution is -2.40. The van der Waals surface area contributed by atoms with Gasteiger partial charge >= 0.3 is 5.97 Å². The number of hydrogen-bond acceptors (Lipinski definition) is 6. The molecule has 3 heterocycles. The SMILES string of the molecule is CCOC(=O)c1csc(N2CCC(N3CCCCC3)C2)n1. The van der Waals surface area contributed by atoms with E-state index in [4.69, 9.17) is 4.74 Å². The molecule has 0 aromatic carbocycles. The summed E-state index contributed by atoms with van der Waals surface area (Å²) in [5.74, 6) is -0.313. The second-order valence-electron chi connectivity index (χ2n) is 5.72. The van der Waals surface area contributed by atoms with Crippen LogP contribution in [-0.2, 0) is 4.74 Å². The number of ether oxygens (including phenoxy) is 1. The summed E-state index contributed by atoms with van der Waals surface area (Å²) in [4.78, 5) is 21.1. The van der Waals surface area contributed by atoms with Gasteiger partial charge in [0.1, 0.15) is 0 Å². The number of carbonyl (C=O) groups is 1. The lowest BCUT2D eigenvalue weighted by atomic mass is 10.1. The predicted octanol–water partition coefficient (Wildman–Crippen LogP) is 2.38. The first kappa shape index (κ1) is 14.8. The van der Waals surface area contributed by atoms with Gasteiger partial charge in [-0.2, -0.15) is 0 Å². The minimum Gasteiger partial charge on any atom is -0.461 e. The highest BCUT2D eigenvalue weighted by Crippen LogP contribution is 2.27. The summed E-state index contributed by atoms with van der Waals surface area (Å²) in [6, 6.07) is 0.653. The van der Waals surface area contributed by atoms with Crippen molar-refractivity contribution in [1.29, 1.82) is 0 Å². The average molecular weight is 309 g/mol. The van der Waals surface area contributed by atoms with E-state index in [0.29, 0.717) is 18.3 Å². The molecule has 1 aromatic heterocycles. The summed E-state index contributed by atoms with van der Waals surface area (Å²) in [5.41, 5.74) is 0.443. The standard InChI is InChI=1S/C15H23N3O2S/c1-2-20-14(19)13-11-21-15(16-13)18-9-6-12(10-18)17-7-4-3-5-8-17/h11-12H,2-10H2,1H3. The topological polar surface area (TPSA) is 45.7 Å². The predicted molar refractivity (Wildman–Crippen MR) is 84.1 cm³/mol. The Morgan fingerprint density at radius 2 is 2.19 bits per heavy atom. The Labute approximate surface area is 129 Å². The maximum atomic E-state index is 11.7. The van der Waals surface area contributed by atoms with Crippen LogP contribution in [0.1, 0.15) is 43.1 Å². The van der Waals surface area contributed by atoms with E-state index in [-0.39, 0.29) is 5.97 Å².